The maximum absolute atomic E-state index is 6.01. The average molecular weight is 300 g/mol. The number of aryl methyl sites for hydroxylation is 1. The molecule has 0 atom stereocenters. The number of rotatable bonds is 2. The Balaban J connectivity index is 1.75. The van der Waals surface area contributed by atoms with E-state index in [2.05, 4.69) is 29.2 Å². The standard InChI is InChI=1S/C20H16N2O/c1-13-11-17(21)19-18(12-13)22-20(23-19)16-9-7-15(8-10-16)14-5-3-2-4-6-14/h2-12H,21H2,1H3. The van der Waals surface area contributed by atoms with Crippen LogP contribution in [0.2, 0.25) is 0 Å². The Hall–Kier alpha value is -3.07. The van der Waals surface area contributed by atoms with Crippen LogP contribution in [0.3, 0.4) is 0 Å². The van der Waals surface area contributed by atoms with E-state index in [9.17, 15) is 0 Å². The van der Waals surface area contributed by atoms with Crippen molar-refractivity contribution in [2.75, 3.05) is 5.73 Å². The first-order valence-electron chi connectivity index (χ1n) is 7.53. The molecule has 0 radical (unpaired) electrons. The third-order valence-electron chi connectivity index (χ3n) is 3.90. The molecule has 23 heavy (non-hydrogen) atoms. The Morgan fingerprint density at radius 1 is 0.826 bits per heavy atom. The lowest BCUT2D eigenvalue weighted by Gasteiger charge is -2.02. The zero-order chi connectivity index (χ0) is 15.8. The van der Waals surface area contributed by atoms with Crippen LogP contribution in [0.15, 0.2) is 71.1 Å². The molecule has 4 aromatic rings. The molecule has 0 unspecified atom stereocenters. The predicted octanol–water partition coefficient (Wildman–Crippen LogP) is 5.05. The maximum atomic E-state index is 6.01. The van der Waals surface area contributed by atoms with Crippen molar-refractivity contribution in [3.8, 4) is 22.6 Å². The van der Waals surface area contributed by atoms with Crippen LogP contribution in [0.25, 0.3) is 33.7 Å². The molecule has 3 nitrogen and oxygen atoms in total. The van der Waals surface area contributed by atoms with E-state index in [0.29, 0.717) is 17.2 Å². The van der Waals surface area contributed by atoms with Crippen LogP contribution in [0.1, 0.15) is 5.56 Å². The van der Waals surface area contributed by atoms with Crippen LogP contribution in [0, 0.1) is 6.92 Å². The third-order valence-corrected chi connectivity index (χ3v) is 3.90. The van der Waals surface area contributed by atoms with Gasteiger partial charge in [-0.05, 0) is 47.9 Å². The highest BCUT2D eigenvalue weighted by Gasteiger charge is 2.11. The van der Waals surface area contributed by atoms with Gasteiger partial charge < -0.3 is 10.2 Å². The Morgan fingerprint density at radius 2 is 1.48 bits per heavy atom. The molecule has 1 aromatic heterocycles. The first kappa shape index (κ1) is 13.6. The van der Waals surface area contributed by atoms with E-state index >= 15 is 0 Å². The van der Waals surface area contributed by atoms with Gasteiger partial charge in [0, 0.05) is 5.56 Å². The molecule has 0 aliphatic heterocycles. The van der Waals surface area contributed by atoms with Crippen molar-refractivity contribution in [1.29, 1.82) is 0 Å². The molecule has 112 valence electrons. The second-order valence-electron chi connectivity index (χ2n) is 5.66. The summed E-state index contributed by atoms with van der Waals surface area (Å²) in [5.74, 6) is 0.594. The molecule has 0 saturated carbocycles. The minimum absolute atomic E-state index is 0.594. The SMILES string of the molecule is Cc1cc(N)c2oc(-c3ccc(-c4ccccc4)cc3)nc2c1. The minimum atomic E-state index is 0.594. The van der Waals surface area contributed by atoms with Gasteiger partial charge in [-0.25, -0.2) is 4.98 Å². The summed E-state index contributed by atoms with van der Waals surface area (Å²) in [5.41, 5.74) is 12.5. The van der Waals surface area contributed by atoms with Gasteiger partial charge in [0.05, 0.1) is 5.69 Å². The molecule has 0 saturated heterocycles. The van der Waals surface area contributed by atoms with E-state index in [4.69, 9.17) is 10.2 Å². The molecule has 0 amide bonds. The maximum Gasteiger partial charge on any atom is 0.227 e. The van der Waals surface area contributed by atoms with Crippen LogP contribution in [0.4, 0.5) is 5.69 Å². The van der Waals surface area contributed by atoms with Gasteiger partial charge in [-0.1, -0.05) is 42.5 Å². The highest BCUT2D eigenvalue weighted by Crippen LogP contribution is 2.30. The summed E-state index contributed by atoms with van der Waals surface area (Å²) >= 11 is 0. The molecule has 0 bridgehead atoms. The monoisotopic (exact) mass is 300 g/mol. The van der Waals surface area contributed by atoms with E-state index in [1.165, 1.54) is 11.1 Å². The van der Waals surface area contributed by atoms with Gasteiger partial charge in [-0.2, -0.15) is 0 Å². The lowest BCUT2D eigenvalue weighted by Crippen LogP contribution is -1.86. The van der Waals surface area contributed by atoms with Gasteiger partial charge in [0.2, 0.25) is 5.89 Å². The molecule has 3 aromatic carbocycles. The number of anilines is 1. The first-order valence-corrected chi connectivity index (χ1v) is 7.53. The van der Waals surface area contributed by atoms with Crippen molar-refractivity contribution in [2.45, 2.75) is 6.92 Å². The molecule has 0 aliphatic rings. The van der Waals surface area contributed by atoms with Crippen molar-refractivity contribution in [2.24, 2.45) is 0 Å². The lowest BCUT2D eigenvalue weighted by atomic mass is 10.0. The summed E-state index contributed by atoms with van der Waals surface area (Å²) in [6, 6.07) is 22.4. The summed E-state index contributed by atoms with van der Waals surface area (Å²) < 4.78 is 5.85. The van der Waals surface area contributed by atoms with Gasteiger partial charge in [0.1, 0.15) is 5.52 Å². The van der Waals surface area contributed by atoms with E-state index in [-0.39, 0.29) is 0 Å². The highest BCUT2D eigenvalue weighted by molar-refractivity contribution is 5.87. The predicted molar refractivity (Wildman–Crippen MR) is 94.0 cm³/mol. The van der Waals surface area contributed by atoms with E-state index in [0.717, 1.165) is 16.6 Å². The highest BCUT2D eigenvalue weighted by atomic mass is 16.3. The Kier molecular flexibility index (Phi) is 3.12. The number of hydrogen-bond donors (Lipinski definition) is 1. The second-order valence-corrected chi connectivity index (χ2v) is 5.66. The number of aromatic nitrogens is 1. The third kappa shape index (κ3) is 2.46. The molecule has 3 heteroatoms. The van der Waals surface area contributed by atoms with Crippen molar-refractivity contribution in [3.05, 3.63) is 72.3 Å². The van der Waals surface area contributed by atoms with Crippen LogP contribution < -0.4 is 5.73 Å². The number of benzene rings is 3. The summed E-state index contributed by atoms with van der Waals surface area (Å²) in [5, 5.41) is 0. The fourth-order valence-electron chi connectivity index (χ4n) is 2.76. The number of hydrogen-bond acceptors (Lipinski definition) is 3. The number of oxazole rings is 1. The smallest absolute Gasteiger partial charge is 0.227 e. The average Bonchev–Trinajstić information content (AvgIpc) is 3.00. The topological polar surface area (TPSA) is 52.0 Å². The molecule has 4 rings (SSSR count). The van der Waals surface area contributed by atoms with Crippen molar-refractivity contribution in [1.82, 2.24) is 4.98 Å². The number of nitrogen functional groups attached to an aromatic ring is 1. The molecular formula is C20H16N2O. The molecule has 1 heterocycles. The number of fused-ring (bicyclic) bond motifs is 1. The van der Waals surface area contributed by atoms with Gasteiger partial charge in [-0.15, -0.1) is 0 Å². The van der Waals surface area contributed by atoms with E-state index in [1.807, 2.05) is 49.4 Å². The summed E-state index contributed by atoms with van der Waals surface area (Å²) in [6.45, 7) is 2.00. The van der Waals surface area contributed by atoms with Crippen molar-refractivity contribution in [3.63, 3.8) is 0 Å². The Morgan fingerprint density at radius 3 is 2.22 bits per heavy atom. The van der Waals surface area contributed by atoms with Crippen LogP contribution in [0.5, 0.6) is 0 Å². The molecule has 0 spiro atoms. The summed E-state index contributed by atoms with van der Waals surface area (Å²) in [4.78, 5) is 4.56. The molecule has 2 N–H and O–H groups in total. The van der Waals surface area contributed by atoms with E-state index in [1.54, 1.807) is 0 Å². The molecular weight excluding hydrogens is 284 g/mol. The first-order chi connectivity index (χ1) is 11.2. The minimum Gasteiger partial charge on any atom is -0.434 e. The summed E-state index contributed by atoms with van der Waals surface area (Å²) in [6.07, 6.45) is 0. The normalized spacial score (nSPS) is 11.0. The largest absolute Gasteiger partial charge is 0.434 e. The Labute approximate surface area is 134 Å². The van der Waals surface area contributed by atoms with Crippen molar-refractivity contribution < 1.29 is 4.42 Å². The number of nitrogens with two attached hydrogens (primary N) is 1. The molecule has 0 fully saturated rings. The van der Waals surface area contributed by atoms with Crippen LogP contribution in [-0.4, -0.2) is 4.98 Å². The van der Waals surface area contributed by atoms with Crippen LogP contribution in [-0.2, 0) is 0 Å². The fraction of sp³-hybridized carbons (Fsp3) is 0.0500. The zero-order valence-electron chi connectivity index (χ0n) is 12.8. The van der Waals surface area contributed by atoms with Gasteiger partial charge in [0.25, 0.3) is 0 Å². The molecule has 0 aliphatic carbocycles. The second kappa shape index (κ2) is 5.29. The fourth-order valence-corrected chi connectivity index (χ4v) is 2.76. The quantitative estimate of drug-likeness (QED) is 0.527. The van der Waals surface area contributed by atoms with Gasteiger partial charge in [0.15, 0.2) is 5.58 Å². The van der Waals surface area contributed by atoms with Crippen molar-refractivity contribution >= 4 is 16.8 Å². The van der Waals surface area contributed by atoms with Gasteiger partial charge >= 0.3 is 0 Å². The Bertz CT molecular complexity index is 970. The summed E-state index contributed by atoms with van der Waals surface area (Å²) in [7, 11) is 0. The van der Waals surface area contributed by atoms with E-state index < -0.39 is 0 Å². The zero-order valence-corrected chi connectivity index (χ0v) is 12.8. The van der Waals surface area contributed by atoms with Gasteiger partial charge in [-0.3, -0.25) is 0 Å². The lowest BCUT2D eigenvalue weighted by molar-refractivity contribution is 0.621. The number of nitrogens with zero attached hydrogens (tertiary/aromatic N) is 1. The van der Waals surface area contributed by atoms with Crippen LogP contribution >= 0.6 is 0 Å².